The summed E-state index contributed by atoms with van der Waals surface area (Å²) in [5.41, 5.74) is -1.05. The summed E-state index contributed by atoms with van der Waals surface area (Å²) in [7, 11) is 0. The summed E-state index contributed by atoms with van der Waals surface area (Å²) in [5.74, 6) is -0.157. The number of halogens is 4. The molecule has 0 bridgehead atoms. The van der Waals surface area contributed by atoms with Gasteiger partial charge in [0.05, 0.1) is 5.88 Å². The molecular formula is C7H6ClF3N2. The molecule has 0 spiro atoms. The van der Waals surface area contributed by atoms with E-state index in [4.69, 9.17) is 11.6 Å². The van der Waals surface area contributed by atoms with Crippen molar-refractivity contribution in [2.75, 3.05) is 0 Å². The maximum atomic E-state index is 12.3. The topological polar surface area (TPSA) is 25.8 Å². The van der Waals surface area contributed by atoms with E-state index in [2.05, 4.69) is 9.97 Å². The van der Waals surface area contributed by atoms with Gasteiger partial charge in [0, 0.05) is 11.8 Å². The van der Waals surface area contributed by atoms with Crippen LogP contribution in [0.1, 0.15) is 17.1 Å². The van der Waals surface area contributed by atoms with E-state index in [0.29, 0.717) is 0 Å². The van der Waals surface area contributed by atoms with Crippen LogP contribution in [0.2, 0.25) is 0 Å². The van der Waals surface area contributed by atoms with Crippen LogP contribution < -0.4 is 0 Å². The van der Waals surface area contributed by atoms with Gasteiger partial charge in [-0.05, 0) is 6.92 Å². The van der Waals surface area contributed by atoms with Crippen molar-refractivity contribution in [2.24, 2.45) is 0 Å². The maximum absolute atomic E-state index is 12.3. The monoisotopic (exact) mass is 210 g/mol. The fraction of sp³-hybridized carbons (Fsp3) is 0.429. The predicted molar refractivity (Wildman–Crippen MR) is 41.3 cm³/mol. The van der Waals surface area contributed by atoms with Crippen molar-refractivity contribution in [3.63, 3.8) is 0 Å². The molecule has 0 fully saturated rings. The molecule has 1 aromatic heterocycles. The molecule has 0 saturated heterocycles. The van der Waals surface area contributed by atoms with E-state index in [1.165, 1.54) is 6.92 Å². The van der Waals surface area contributed by atoms with Gasteiger partial charge in [-0.1, -0.05) is 0 Å². The van der Waals surface area contributed by atoms with Gasteiger partial charge in [0.1, 0.15) is 5.82 Å². The fourth-order valence-corrected chi connectivity index (χ4v) is 1.03. The van der Waals surface area contributed by atoms with Gasteiger partial charge in [-0.3, -0.25) is 0 Å². The first-order valence-corrected chi connectivity index (χ1v) is 3.94. The normalized spacial score (nSPS) is 11.8. The highest BCUT2D eigenvalue weighted by atomic mass is 35.5. The number of nitrogens with zero attached hydrogens (tertiary/aromatic N) is 2. The Bertz CT molecular complexity index is 311. The minimum atomic E-state index is -4.46. The van der Waals surface area contributed by atoms with Crippen LogP contribution in [-0.4, -0.2) is 9.97 Å². The summed E-state index contributed by atoms with van der Waals surface area (Å²) in [6.07, 6.45) is -3.36. The van der Waals surface area contributed by atoms with Crippen molar-refractivity contribution < 1.29 is 13.2 Å². The van der Waals surface area contributed by atoms with Gasteiger partial charge in [0.25, 0.3) is 0 Å². The lowest BCUT2D eigenvalue weighted by molar-refractivity contribution is -0.141. The van der Waals surface area contributed by atoms with Crippen molar-refractivity contribution in [3.05, 3.63) is 23.3 Å². The first-order chi connectivity index (χ1) is 5.95. The van der Waals surface area contributed by atoms with E-state index in [1.54, 1.807) is 0 Å². The van der Waals surface area contributed by atoms with Crippen LogP contribution >= 0.6 is 11.6 Å². The Labute approximate surface area is 77.8 Å². The van der Waals surface area contributed by atoms with Gasteiger partial charge in [0.15, 0.2) is 5.69 Å². The second-order valence-corrected chi connectivity index (χ2v) is 2.69. The molecule has 0 atom stereocenters. The first kappa shape index (κ1) is 10.2. The second kappa shape index (κ2) is 3.49. The molecule has 0 aromatic carbocycles. The highest BCUT2D eigenvalue weighted by Gasteiger charge is 2.35. The third-order valence-corrected chi connectivity index (χ3v) is 1.69. The fourth-order valence-electron chi connectivity index (χ4n) is 0.838. The first-order valence-electron chi connectivity index (χ1n) is 3.41. The van der Waals surface area contributed by atoms with Gasteiger partial charge < -0.3 is 0 Å². The third-order valence-electron chi connectivity index (χ3n) is 1.40. The number of hydrogen-bond acceptors (Lipinski definition) is 2. The molecule has 1 heterocycles. The molecule has 0 aliphatic heterocycles. The van der Waals surface area contributed by atoms with Crippen molar-refractivity contribution in [3.8, 4) is 0 Å². The summed E-state index contributed by atoms with van der Waals surface area (Å²) in [6, 6.07) is 0. The number of aryl methyl sites for hydroxylation is 1. The molecule has 0 aliphatic rings. The van der Waals surface area contributed by atoms with Gasteiger partial charge >= 0.3 is 6.18 Å². The summed E-state index contributed by atoms with van der Waals surface area (Å²) >= 11 is 5.31. The van der Waals surface area contributed by atoms with Crippen molar-refractivity contribution in [1.29, 1.82) is 0 Å². The van der Waals surface area contributed by atoms with Gasteiger partial charge in [-0.15, -0.1) is 11.6 Å². The van der Waals surface area contributed by atoms with Crippen molar-refractivity contribution >= 4 is 11.6 Å². The molecular weight excluding hydrogens is 205 g/mol. The molecule has 0 radical (unpaired) electrons. The lowest BCUT2D eigenvalue weighted by atomic mass is 10.2. The zero-order valence-electron chi connectivity index (χ0n) is 6.69. The Hall–Kier alpha value is -0.840. The highest BCUT2D eigenvalue weighted by Crippen LogP contribution is 2.30. The predicted octanol–water partition coefficient (Wildman–Crippen LogP) is 2.54. The maximum Gasteiger partial charge on any atom is 0.433 e. The minimum absolute atomic E-state index is 0.0844. The quantitative estimate of drug-likeness (QED) is 0.666. The van der Waals surface area contributed by atoms with Crippen LogP contribution in [0.5, 0.6) is 0 Å². The number of aromatic nitrogens is 2. The molecule has 72 valence electrons. The molecule has 0 amide bonds. The highest BCUT2D eigenvalue weighted by molar-refractivity contribution is 6.17. The number of hydrogen-bond donors (Lipinski definition) is 0. The van der Waals surface area contributed by atoms with Crippen LogP contribution in [0.15, 0.2) is 6.20 Å². The number of alkyl halides is 4. The SMILES string of the molecule is Cc1ncc(CCl)c(C(F)(F)F)n1. The molecule has 6 heteroatoms. The second-order valence-electron chi connectivity index (χ2n) is 2.42. The lowest BCUT2D eigenvalue weighted by Crippen LogP contribution is -2.13. The van der Waals surface area contributed by atoms with Gasteiger partial charge in [-0.2, -0.15) is 13.2 Å². The van der Waals surface area contributed by atoms with Crippen LogP contribution in [0.3, 0.4) is 0 Å². The van der Waals surface area contributed by atoms with E-state index in [1.807, 2.05) is 0 Å². The lowest BCUT2D eigenvalue weighted by Gasteiger charge is -2.09. The summed E-state index contributed by atoms with van der Waals surface area (Å²) in [5, 5.41) is 0. The van der Waals surface area contributed by atoms with E-state index in [0.717, 1.165) is 6.20 Å². The molecule has 2 nitrogen and oxygen atoms in total. The van der Waals surface area contributed by atoms with Gasteiger partial charge in [-0.25, -0.2) is 9.97 Å². The molecule has 0 saturated carbocycles. The van der Waals surface area contributed by atoms with E-state index in [-0.39, 0.29) is 17.3 Å². The molecule has 0 unspecified atom stereocenters. The third kappa shape index (κ3) is 2.30. The molecule has 1 rings (SSSR count). The Morgan fingerprint density at radius 3 is 2.54 bits per heavy atom. The standard InChI is InChI=1S/C7H6ClF3N2/c1-4-12-3-5(2-8)6(13-4)7(9,10)11/h3H,2H2,1H3. The molecule has 0 N–H and O–H groups in total. The Morgan fingerprint density at radius 2 is 2.08 bits per heavy atom. The van der Waals surface area contributed by atoms with E-state index in [9.17, 15) is 13.2 Å². The molecule has 13 heavy (non-hydrogen) atoms. The van der Waals surface area contributed by atoms with E-state index >= 15 is 0 Å². The van der Waals surface area contributed by atoms with Crippen molar-refractivity contribution in [2.45, 2.75) is 19.0 Å². The molecule has 1 aromatic rings. The Morgan fingerprint density at radius 1 is 1.46 bits per heavy atom. The minimum Gasteiger partial charge on any atom is -0.241 e. The van der Waals surface area contributed by atoms with Crippen LogP contribution in [0.25, 0.3) is 0 Å². The largest absolute Gasteiger partial charge is 0.433 e. The smallest absolute Gasteiger partial charge is 0.241 e. The summed E-state index contributed by atoms with van der Waals surface area (Å²) < 4.78 is 36.8. The Kier molecular flexibility index (Phi) is 2.75. The van der Waals surface area contributed by atoms with Crippen LogP contribution in [0, 0.1) is 6.92 Å². The van der Waals surface area contributed by atoms with Gasteiger partial charge in [0.2, 0.25) is 0 Å². The van der Waals surface area contributed by atoms with Crippen LogP contribution in [0.4, 0.5) is 13.2 Å². The average molecular weight is 211 g/mol. The van der Waals surface area contributed by atoms with Crippen molar-refractivity contribution in [1.82, 2.24) is 9.97 Å². The average Bonchev–Trinajstić information content (AvgIpc) is 2.03. The Balaban J connectivity index is 3.24. The summed E-state index contributed by atoms with van der Waals surface area (Å²) in [4.78, 5) is 6.92. The van der Waals surface area contributed by atoms with E-state index < -0.39 is 11.9 Å². The van der Waals surface area contributed by atoms with Crippen LogP contribution in [-0.2, 0) is 12.1 Å². The number of rotatable bonds is 1. The zero-order chi connectivity index (χ0) is 10.1. The zero-order valence-corrected chi connectivity index (χ0v) is 7.45. The summed E-state index contributed by atoms with van der Waals surface area (Å²) in [6.45, 7) is 1.40. The molecule has 0 aliphatic carbocycles.